The quantitative estimate of drug-likeness (QED) is 0.763. The first-order valence-corrected chi connectivity index (χ1v) is 9.74. The van der Waals surface area contributed by atoms with E-state index in [4.69, 9.17) is 14.2 Å². The van der Waals surface area contributed by atoms with Gasteiger partial charge in [0, 0.05) is 43.3 Å². The van der Waals surface area contributed by atoms with E-state index in [-0.39, 0.29) is 30.9 Å². The third-order valence-electron chi connectivity index (χ3n) is 5.68. The van der Waals surface area contributed by atoms with Gasteiger partial charge in [-0.15, -0.1) is 0 Å². The van der Waals surface area contributed by atoms with E-state index in [0.29, 0.717) is 5.88 Å². The van der Waals surface area contributed by atoms with Crippen molar-refractivity contribution in [3.05, 3.63) is 54.2 Å². The number of nitrogens with zero attached hydrogens (tertiary/aromatic N) is 2. The van der Waals surface area contributed by atoms with Crippen LogP contribution in [0.3, 0.4) is 0 Å². The largest absolute Gasteiger partial charge is 0.474 e. The molecule has 2 atom stereocenters. The molecular weight excluding hydrogens is 356 g/mol. The summed E-state index contributed by atoms with van der Waals surface area (Å²) in [6.07, 6.45) is 9.17. The molecule has 4 heterocycles. The molecule has 3 aliphatic heterocycles. The monoisotopic (exact) mass is 378 g/mol. The molecule has 2 unspecified atom stereocenters. The van der Waals surface area contributed by atoms with E-state index in [1.54, 1.807) is 12.3 Å². The van der Waals surface area contributed by atoms with Gasteiger partial charge in [0.15, 0.2) is 11.5 Å². The minimum Gasteiger partial charge on any atom is -0.474 e. The first-order valence-electron chi connectivity index (χ1n) is 9.74. The number of pyridine rings is 1. The lowest BCUT2D eigenvalue weighted by Gasteiger charge is -2.38. The Hall–Kier alpha value is -3.02. The molecular formula is C22H22N2O4. The van der Waals surface area contributed by atoms with Crippen molar-refractivity contribution < 1.29 is 19.0 Å². The van der Waals surface area contributed by atoms with Gasteiger partial charge in [0.25, 0.3) is 0 Å². The van der Waals surface area contributed by atoms with Gasteiger partial charge in [-0.3, -0.25) is 4.79 Å². The number of piperidine rings is 1. The lowest BCUT2D eigenvalue weighted by Crippen LogP contribution is -2.48. The molecule has 2 bridgehead atoms. The zero-order valence-corrected chi connectivity index (χ0v) is 15.5. The predicted octanol–water partition coefficient (Wildman–Crippen LogP) is 3.42. The highest BCUT2D eigenvalue weighted by molar-refractivity contribution is 5.92. The number of ether oxygens (including phenoxy) is 3. The third kappa shape index (κ3) is 3.30. The van der Waals surface area contributed by atoms with E-state index in [9.17, 15) is 4.79 Å². The molecule has 5 rings (SSSR count). The van der Waals surface area contributed by atoms with E-state index >= 15 is 0 Å². The van der Waals surface area contributed by atoms with Crippen molar-refractivity contribution in [2.75, 3.05) is 6.79 Å². The molecule has 1 aromatic carbocycles. The molecule has 0 aliphatic carbocycles. The Morgan fingerprint density at radius 2 is 1.93 bits per heavy atom. The maximum absolute atomic E-state index is 12.9. The molecule has 28 heavy (non-hydrogen) atoms. The molecule has 0 N–H and O–H groups in total. The molecule has 0 saturated carbocycles. The van der Waals surface area contributed by atoms with Crippen molar-refractivity contribution in [3.8, 4) is 17.4 Å². The molecule has 2 fully saturated rings. The molecule has 2 aromatic rings. The van der Waals surface area contributed by atoms with Crippen LogP contribution in [-0.4, -0.2) is 40.8 Å². The summed E-state index contributed by atoms with van der Waals surface area (Å²) < 4.78 is 16.8. The van der Waals surface area contributed by atoms with Crippen molar-refractivity contribution in [2.24, 2.45) is 0 Å². The molecule has 0 spiro atoms. The van der Waals surface area contributed by atoms with Gasteiger partial charge in [-0.1, -0.05) is 12.1 Å². The number of benzene rings is 1. The fourth-order valence-corrected chi connectivity index (χ4v) is 4.44. The Morgan fingerprint density at radius 1 is 1.11 bits per heavy atom. The highest BCUT2D eigenvalue weighted by atomic mass is 16.7. The summed E-state index contributed by atoms with van der Waals surface area (Å²) in [6, 6.07) is 11.9. The molecule has 1 aromatic heterocycles. The summed E-state index contributed by atoms with van der Waals surface area (Å²) in [6.45, 7) is 0.250. The number of amides is 1. The maximum atomic E-state index is 12.9. The summed E-state index contributed by atoms with van der Waals surface area (Å²) in [4.78, 5) is 19.2. The summed E-state index contributed by atoms with van der Waals surface area (Å²) in [5.41, 5.74) is 0.929. The van der Waals surface area contributed by atoms with Crippen LogP contribution in [-0.2, 0) is 4.79 Å². The Kier molecular flexibility index (Phi) is 4.39. The van der Waals surface area contributed by atoms with Crippen LogP contribution in [0.25, 0.3) is 6.08 Å². The second kappa shape index (κ2) is 7.19. The van der Waals surface area contributed by atoms with Gasteiger partial charge < -0.3 is 19.1 Å². The fourth-order valence-electron chi connectivity index (χ4n) is 4.44. The molecule has 6 heteroatoms. The van der Waals surface area contributed by atoms with Crippen LogP contribution in [0, 0.1) is 0 Å². The average Bonchev–Trinajstić information content (AvgIpc) is 3.29. The van der Waals surface area contributed by atoms with Crippen molar-refractivity contribution >= 4 is 12.0 Å². The van der Waals surface area contributed by atoms with Crippen LogP contribution < -0.4 is 14.2 Å². The third-order valence-corrected chi connectivity index (χ3v) is 5.68. The Morgan fingerprint density at radius 3 is 2.71 bits per heavy atom. The van der Waals surface area contributed by atoms with Crippen LogP contribution in [0.1, 0.15) is 31.2 Å². The number of aromatic nitrogens is 1. The number of carbonyl (C=O) groups is 1. The van der Waals surface area contributed by atoms with Crippen LogP contribution in [0.4, 0.5) is 0 Å². The van der Waals surface area contributed by atoms with Gasteiger partial charge in [-0.05, 0) is 42.7 Å². The zero-order chi connectivity index (χ0) is 18.9. The molecule has 0 radical (unpaired) electrons. The van der Waals surface area contributed by atoms with Gasteiger partial charge in [0.05, 0.1) is 0 Å². The lowest BCUT2D eigenvalue weighted by molar-refractivity contribution is -0.131. The number of fused-ring (bicyclic) bond motifs is 3. The van der Waals surface area contributed by atoms with E-state index in [1.165, 1.54) is 0 Å². The molecule has 2 saturated heterocycles. The fraction of sp³-hybridized carbons (Fsp3) is 0.364. The summed E-state index contributed by atoms with van der Waals surface area (Å²) in [7, 11) is 0. The molecule has 144 valence electrons. The highest BCUT2D eigenvalue weighted by Gasteiger charge is 2.43. The van der Waals surface area contributed by atoms with E-state index in [1.807, 2.05) is 47.4 Å². The van der Waals surface area contributed by atoms with Gasteiger partial charge in [-0.2, -0.15) is 0 Å². The number of hydrogen-bond donors (Lipinski definition) is 0. The van der Waals surface area contributed by atoms with Gasteiger partial charge >= 0.3 is 0 Å². The first kappa shape index (κ1) is 17.1. The minimum atomic E-state index is 0.0708. The second-order valence-electron chi connectivity index (χ2n) is 7.46. The molecule has 6 nitrogen and oxygen atoms in total. The SMILES string of the molecule is O=C(/C=C/c1ccc2c(c1)OCO2)N1C2CCC1CC(Oc1ccccn1)C2. The van der Waals surface area contributed by atoms with Gasteiger partial charge in [0.1, 0.15) is 6.10 Å². The Labute approximate surface area is 163 Å². The van der Waals surface area contributed by atoms with Crippen molar-refractivity contribution in [1.29, 1.82) is 0 Å². The standard InChI is InChI=1S/C22H22N2O4/c25-22(9-5-15-4-8-19-20(11-15)27-14-26-19)24-16-6-7-17(24)13-18(12-16)28-21-3-1-2-10-23-21/h1-5,8-11,16-18H,6-7,12-14H2/b9-5+. The Balaban J connectivity index is 1.24. The van der Waals surface area contributed by atoms with Gasteiger partial charge in [0.2, 0.25) is 18.6 Å². The first-order chi connectivity index (χ1) is 13.8. The zero-order valence-electron chi connectivity index (χ0n) is 15.5. The van der Waals surface area contributed by atoms with Crippen LogP contribution >= 0.6 is 0 Å². The number of carbonyl (C=O) groups excluding carboxylic acids is 1. The summed E-state index contributed by atoms with van der Waals surface area (Å²) in [5, 5.41) is 0. The van der Waals surface area contributed by atoms with Crippen LogP contribution in [0.15, 0.2) is 48.7 Å². The topological polar surface area (TPSA) is 60.9 Å². The van der Waals surface area contributed by atoms with Gasteiger partial charge in [-0.25, -0.2) is 4.98 Å². The minimum absolute atomic E-state index is 0.0708. The van der Waals surface area contributed by atoms with E-state index in [0.717, 1.165) is 42.7 Å². The number of rotatable bonds is 4. The van der Waals surface area contributed by atoms with Crippen molar-refractivity contribution in [1.82, 2.24) is 9.88 Å². The average molecular weight is 378 g/mol. The Bertz CT molecular complexity index is 885. The number of hydrogen-bond acceptors (Lipinski definition) is 5. The maximum Gasteiger partial charge on any atom is 0.247 e. The second-order valence-corrected chi connectivity index (χ2v) is 7.46. The van der Waals surface area contributed by atoms with Crippen molar-refractivity contribution in [2.45, 2.75) is 43.9 Å². The highest BCUT2D eigenvalue weighted by Crippen LogP contribution is 2.37. The van der Waals surface area contributed by atoms with E-state index < -0.39 is 0 Å². The lowest BCUT2D eigenvalue weighted by atomic mass is 9.99. The smallest absolute Gasteiger partial charge is 0.247 e. The van der Waals surface area contributed by atoms with Crippen LogP contribution in [0.5, 0.6) is 17.4 Å². The molecule has 3 aliphatic rings. The summed E-state index contributed by atoms with van der Waals surface area (Å²) >= 11 is 0. The summed E-state index contributed by atoms with van der Waals surface area (Å²) in [5.74, 6) is 2.20. The molecule has 1 amide bonds. The normalized spacial score (nSPS) is 25.3. The van der Waals surface area contributed by atoms with E-state index in [2.05, 4.69) is 4.98 Å². The predicted molar refractivity (Wildman–Crippen MR) is 103 cm³/mol. The van der Waals surface area contributed by atoms with Crippen LogP contribution in [0.2, 0.25) is 0 Å². The van der Waals surface area contributed by atoms with Crippen molar-refractivity contribution in [3.63, 3.8) is 0 Å².